The van der Waals surface area contributed by atoms with Crippen LogP contribution in [0.4, 0.5) is 11.4 Å². The summed E-state index contributed by atoms with van der Waals surface area (Å²) in [7, 11) is 2.21. The van der Waals surface area contributed by atoms with Crippen LogP contribution in [0.25, 0.3) is 0 Å². The number of rotatable bonds is 5. The lowest BCUT2D eigenvalue weighted by molar-refractivity contribution is -0.143. The van der Waals surface area contributed by atoms with Gasteiger partial charge in [0.2, 0.25) is 0 Å². The molecule has 4 rings (SSSR count). The van der Waals surface area contributed by atoms with Gasteiger partial charge >= 0.3 is 11.9 Å². The summed E-state index contributed by atoms with van der Waals surface area (Å²) in [6, 6.07) is 17.5. The van der Waals surface area contributed by atoms with Gasteiger partial charge in [-0.3, -0.25) is 9.59 Å². The van der Waals surface area contributed by atoms with E-state index in [1.54, 1.807) is 0 Å². The third kappa shape index (κ3) is 5.87. The summed E-state index contributed by atoms with van der Waals surface area (Å²) in [5, 5.41) is 15.8. The van der Waals surface area contributed by atoms with E-state index in [2.05, 4.69) is 71.5 Å². The van der Waals surface area contributed by atoms with Crippen LogP contribution in [0.3, 0.4) is 0 Å². The van der Waals surface area contributed by atoms with Crippen LogP contribution in [0.2, 0.25) is 0 Å². The fourth-order valence-corrected chi connectivity index (χ4v) is 4.56. The molecule has 0 saturated carbocycles. The number of carbonyl (C=O) groups is 2. The second-order valence-electron chi connectivity index (χ2n) is 7.30. The standard InChI is InChI=1S/C19H20N2S.C4H6O4/c1-20-12-6-7-15(13-20)14-21-16-8-2-4-10-18(16)22-19-11-5-3-9-17(19)21;5-3(6)1-2-4(7)8/h2-5,7-11H,6,12-14H2,1H3;1-2H2,(H,5,6)(H,7,8). The summed E-state index contributed by atoms with van der Waals surface area (Å²) in [4.78, 5) is 26.9. The lowest BCUT2D eigenvalue weighted by Gasteiger charge is -2.35. The molecule has 0 aromatic heterocycles. The van der Waals surface area contributed by atoms with Gasteiger partial charge in [-0.2, -0.15) is 0 Å². The first-order chi connectivity index (χ1) is 14.4. The third-order valence-corrected chi connectivity index (χ3v) is 5.99. The predicted molar refractivity (Wildman–Crippen MR) is 119 cm³/mol. The van der Waals surface area contributed by atoms with E-state index < -0.39 is 11.9 Å². The quantitative estimate of drug-likeness (QED) is 0.682. The number of benzene rings is 2. The van der Waals surface area contributed by atoms with Crippen LogP contribution >= 0.6 is 11.8 Å². The second kappa shape index (κ2) is 10.3. The molecular formula is C23H26N2O4S. The van der Waals surface area contributed by atoms with Gasteiger partial charge in [-0.15, -0.1) is 0 Å². The van der Waals surface area contributed by atoms with Crippen LogP contribution in [-0.4, -0.2) is 53.7 Å². The van der Waals surface area contributed by atoms with Crippen LogP contribution in [0.5, 0.6) is 0 Å². The average molecular weight is 427 g/mol. The zero-order valence-corrected chi connectivity index (χ0v) is 17.8. The molecule has 6 nitrogen and oxygen atoms in total. The normalized spacial score (nSPS) is 15.2. The molecule has 0 bridgehead atoms. The fraction of sp³-hybridized carbons (Fsp3) is 0.304. The molecule has 7 heteroatoms. The minimum atomic E-state index is -1.08. The van der Waals surface area contributed by atoms with Crippen molar-refractivity contribution in [2.75, 3.05) is 31.6 Å². The third-order valence-electron chi connectivity index (χ3n) is 4.86. The van der Waals surface area contributed by atoms with Gasteiger partial charge in [-0.25, -0.2) is 0 Å². The number of anilines is 2. The van der Waals surface area contributed by atoms with Gasteiger partial charge in [0.05, 0.1) is 24.2 Å². The summed E-state index contributed by atoms with van der Waals surface area (Å²) in [5.41, 5.74) is 4.19. The highest BCUT2D eigenvalue weighted by molar-refractivity contribution is 7.99. The number of hydrogen-bond acceptors (Lipinski definition) is 5. The van der Waals surface area contributed by atoms with E-state index in [4.69, 9.17) is 10.2 Å². The van der Waals surface area contributed by atoms with Crippen LogP contribution in [-0.2, 0) is 9.59 Å². The molecule has 0 amide bonds. The van der Waals surface area contributed by atoms with Crippen LogP contribution in [0.15, 0.2) is 70.0 Å². The van der Waals surface area contributed by atoms with Crippen molar-refractivity contribution in [3.63, 3.8) is 0 Å². The first-order valence-corrected chi connectivity index (χ1v) is 10.7. The molecule has 2 aliphatic rings. The van der Waals surface area contributed by atoms with E-state index in [1.165, 1.54) is 33.3 Å². The SMILES string of the molecule is CN1CCC=C(CN2c3ccccc3Sc3ccccc32)C1.O=C(O)CCC(=O)O. The number of para-hydroxylation sites is 2. The van der Waals surface area contributed by atoms with Crippen molar-refractivity contribution in [3.8, 4) is 0 Å². The largest absolute Gasteiger partial charge is 0.481 e. The molecule has 0 atom stereocenters. The minimum Gasteiger partial charge on any atom is -0.481 e. The number of hydrogen-bond donors (Lipinski definition) is 2. The summed E-state index contributed by atoms with van der Waals surface area (Å²) < 4.78 is 0. The van der Waals surface area contributed by atoms with E-state index >= 15 is 0 Å². The lowest BCUT2D eigenvalue weighted by Crippen LogP contribution is -2.31. The Morgan fingerprint density at radius 2 is 1.47 bits per heavy atom. The first kappa shape index (κ1) is 21.9. The molecule has 158 valence electrons. The number of carboxylic acid groups (broad SMARTS) is 2. The number of fused-ring (bicyclic) bond motifs is 2. The molecule has 0 fully saturated rings. The number of aliphatic carboxylic acids is 2. The van der Waals surface area contributed by atoms with Crippen molar-refractivity contribution < 1.29 is 19.8 Å². The Kier molecular flexibility index (Phi) is 7.54. The summed E-state index contributed by atoms with van der Waals surface area (Å²) in [6.07, 6.45) is 3.00. The average Bonchev–Trinajstić information content (AvgIpc) is 2.73. The molecule has 0 saturated heterocycles. The van der Waals surface area contributed by atoms with Crippen molar-refractivity contribution in [3.05, 3.63) is 60.2 Å². The molecule has 2 N–H and O–H groups in total. The zero-order chi connectivity index (χ0) is 21.5. The Morgan fingerprint density at radius 1 is 0.933 bits per heavy atom. The maximum absolute atomic E-state index is 9.64. The maximum atomic E-state index is 9.64. The van der Waals surface area contributed by atoms with Crippen molar-refractivity contribution in [1.29, 1.82) is 0 Å². The lowest BCUT2D eigenvalue weighted by atomic mass is 10.1. The highest BCUT2D eigenvalue weighted by atomic mass is 32.2. The monoisotopic (exact) mass is 426 g/mol. The smallest absolute Gasteiger partial charge is 0.303 e. The maximum Gasteiger partial charge on any atom is 0.303 e. The molecule has 0 aliphatic carbocycles. The van der Waals surface area contributed by atoms with Gasteiger partial charge in [0.1, 0.15) is 0 Å². The molecule has 0 unspecified atom stereocenters. The Labute approximate surface area is 180 Å². The number of nitrogens with zero attached hydrogens (tertiary/aromatic N) is 2. The topological polar surface area (TPSA) is 81.1 Å². The van der Waals surface area contributed by atoms with Crippen molar-refractivity contribution in [2.45, 2.75) is 29.1 Å². The van der Waals surface area contributed by atoms with Gasteiger partial charge in [0.15, 0.2) is 0 Å². The molecular weight excluding hydrogens is 400 g/mol. The summed E-state index contributed by atoms with van der Waals surface area (Å²) >= 11 is 1.88. The Morgan fingerprint density at radius 3 is 1.97 bits per heavy atom. The first-order valence-electron chi connectivity index (χ1n) is 9.87. The highest BCUT2D eigenvalue weighted by Crippen LogP contribution is 2.48. The summed E-state index contributed by atoms with van der Waals surface area (Å²) in [5.74, 6) is -2.15. The Balaban J connectivity index is 0.000000275. The number of likely N-dealkylation sites (N-methyl/N-ethyl adjacent to an activating group) is 1. The van der Waals surface area contributed by atoms with E-state index in [1.807, 2.05) is 11.8 Å². The molecule has 2 aromatic rings. The number of carboxylic acids is 2. The van der Waals surface area contributed by atoms with E-state index in [0.717, 1.165) is 19.5 Å². The highest BCUT2D eigenvalue weighted by Gasteiger charge is 2.24. The van der Waals surface area contributed by atoms with Gasteiger partial charge in [0.25, 0.3) is 0 Å². The van der Waals surface area contributed by atoms with Gasteiger partial charge in [-0.05, 0) is 43.3 Å². The predicted octanol–water partition coefficient (Wildman–Crippen LogP) is 4.49. The van der Waals surface area contributed by atoms with Crippen LogP contribution in [0, 0.1) is 0 Å². The van der Waals surface area contributed by atoms with Crippen molar-refractivity contribution in [1.82, 2.24) is 4.90 Å². The second-order valence-corrected chi connectivity index (χ2v) is 8.38. The van der Waals surface area contributed by atoms with Gasteiger partial charge in [0, 0.05) is 29.4 Å². The minimum absolute atomic E-state index is 0.296. The van der Waals surface area contributed by atoms with E-state index in [9.17, 15) is 9.59 Å². The van der Waals surface area contributed by atoms with Crippen LogP contribution < -0.4 is 4.90 Å². The van der Waals surface area contributed by atoms with Gasteiger partial charge < -0.3 is 20.0 Å². The fourth-order valence-electron chi connectivity index (χ4n) is 3.46. The van der Waals surface area contributed by atoms with Crippen LogP contribution in [0.1, 0.15) is 19.3 Å². The Bertz CT molecular complexity index is 885. The van der Waals surface area contributed by atoms with Crippen molar-refractivity contribution in [2.24, 2.45) is 0 Å². The van der Waals surface area contributed by atoms with Gasteiger partial charge in [-0.1, -0.05) is 42.1 Å². The van der Waals surface area contributed by atoms with E-state index in [0.29, 0.717) is 0 Å². The molecule has 0 spiro atoms. The molecule has 0 radical (unpaired) electrons. The molecule has 2 aliphatic heterocycles. The molecule has 2 aromatic carbocycles. The molecule has 30 heavy (non-hydrogen) atoms. The van der Waals surface area contributed by atoms with E-state index in [-0.39, 0.29) is 12.8 Å². The zero-order valence-electron chi connectivity index (χ0n) is 17.0. The summed E-state index contributed by atoms with van der Waals surface area (Å²) in [6.45, 7) is 3.24. The van der Waals surface area contributed by atoms with Crippen molar-refractivity contribution >= 4 is 35.1 Å². The Hall–Kier alpha value is -2.77. The molecule has 2 heterocycles.